The number of esters is 1. The maximum atomic E-state index is 11.8. The fourth-order valence-electron chi connectivity index (χ4n) is 2.01. The number of benzene rings is 1. The molecule has 2 aromatic rings. The van der Waals surface area contributed by atoms with Crippen molar-refractivity contribution in [2.24, 2.45) is 0 Å². The minimum absolute atomic E-state index is 0.0540. The normalized spacial score (nSPS) is 11.8. The Morgan fingerprint density at radius 1 is 1.29 bits per heavy atom. The van der Waals surface area contributed by atoms with Crippen molar-refractivity contribution in [1.29, 1.82) is 0 Å². The van der Waals surface area contributed by atoms with Crippen molar-refractivity contribution in [2.45, 2.75) is 26.0 Å². The smallest absolute Gasteiger partial charge is 0.419 e. The van der Waals surface area contributed by atoms with Gasteiger partial charge in [0.15, 0.2) is 11.7 Å². The van der Waals surface area contributed by atoms with Crippen LogP contribution in [-0.2, 0) is 20.9 Å². The van der Waals surface area contributed by atoms with E-state index in [2.05, 4.69) is 5.32 Å². The first-order chi connectivity index (χ1) is 11.4. The number of ether oxygens (including phenoxy) is 1. The van der Waals surface area contributed by atoms with Crippen molar-refractivity contribution in [1.82, 2.24) is 15.2 Å². The lowest BCUT2D eigenvalue weighted by molar-refractivity contribution is -0.154. The van der Waals surface area contributed by atoms with Crippen molar-refractivity contribution in [3.05, 3.63) is 34.8 Å². The van der Waals surface area contributed by atoms with Crippen LogP contribution in [0.2, 0.25) is 0 Å². The molecule has 3 amide bonds. The zero-order chi connectivity index (χ0) is 17.7. The third-order valence-electron chi connectivity index (χ3n) is 3.25. The molecule has 0 aliphatic heterocycles. The number of nitrogens with zero attached hydrogens (tertiary/aromatic N) is 1. The van der Waals surface area contributed by atoms with Crippen LogP contribution in [0.5, 0.6) is 0 Å². The number of urea groups is 1. The van der Waals surface area contributed by atoms with Crippen molar-refractivity contribution in [3.63, 3.8) is 0 Å². The standard InChI is InChI=1S/C15H17N3O6/c1-9(13(20)17-14(21)16-2)23-12(19)7-8-18-10-5-3-4-6-11(10)24-15(18)22/h3-6,9H,7-8H2,1-2H3,(H2,16,17,20,21)/t9-/m0/s1. The molecule has 0 fully saturated rings. The second-order valence-electron chi connectivity index (χ2n) is 4.94. The number of aryl methyl sites for hydroxylation is 1. The zero-order valence-electron chi connectivity index (χ0n) is 13.2. The van der Waals surface area contributed by atoms with Crippen molar-refractivity contribution in [3.8, 4) is 0 Å². The summed E-state index contributed by atoms with van der Waals surface area (Å²) in [4.78, 5) is 46.2. The molecule has 9 heteroatoms. The predicted molar refractivity (Wildman–Crippen MR) is 83.2 cm³/mol. The van der Waals surface area contributed by atoms with Gasteiger partial charge >= 0.3 is 17.8 Å². The highest BCUT2D eigenvalue weighted by molar-refractivity contribution is 5.96. The molecule has 2 N–H and O–H groups in total. The highest BCUT2D eigenvalue weighted by Gasteiger charge is 2.20. The first kappa shape index (κ1) is 17.3. The predicted octanol–water partition coefficient (Wildman–Crippen LogP) is 0.372. The maximum absolute atomic E-state index is 11.8. The molecule has 9 nitrogen and oxygen atoms in total. The molecule has 0 saturated heterocycles. The Morgan fingerprint density at radius 2 is 2.00 bits per heavy atom. The van der Waals surface area contributed by atoms with E-state index in [1.165, 1.54) is 18.5 Å². The van der Waals surface area contributed by atoms with E-state index in [4.69, 9.17) is 9.15 Å². The molecule has 0 aliphatic carbocycles. The zero-order valence-corrected chi connectivity index (χ0v) is 13.2. The van der Waals surface area contributed by atoms with E-state index in [-0.39, 0.29) is 13.0 Å². The fourth-order valence-corrected chi connectivity index (χ4v) is 2.01. The molecule has 1 aromatic heterocycles. The lowest BCUT2D eigenvalue weighted by Gasteiger charge is -2.12. The number of fused-ring (bicyclic) bond motifs is 1. The van der Waals surface area contributed by atoms with E-state index in [1.54, 1.807) is 24.3 Å². The molecule has 1 atom stereocenters. The summed E-state index contributed by atoms with van der Waals surface area (Å²) in [5.74, 6) is -1.99. The SMILES string of the molecule is CNC(=O)NC(=O)[C@H](C)OC(=O)CCn1c(=O)oc2ccccc21. The van der Waals surface area contributed by atoms with Crippen LogP contribution >= 0.6 is 0 Å². The van der Waals surface area contributed by atoms with Gasteiger partial charge in [0, 0.05) is 13.6 Å². The monoisotopic (exact) mass is 335 g/mol. The second-order valence-corrected chi connectivity index (χ2v) is 4.94. The number of hydrogen-bond donors (Lipinski definition) is 2. The lowest BCUT2D eigenvalue weighted by Crippen LogP contribution is -2.43. The average Bonchev–Trinajstić information content (AvgIpc) is 2.87. The van der Waals surface area contributed by atoms with E-state index in [0.717, 1.165) is 0 Å². The fraction of sp³-hybridized carbons (Fsp3) is 0.333. The third-order valence-corrected chi connectivity index (χ3v) is 3.25. The Kier molecular flexibility index (Phi) is 5.35. The summed E-state index contributed by atoms with van der Waals surface area (Å²) in [5.41, 5.74) is 0.995. The summed E-state index contributed by atoms with van der Waals surface area (Å²) in [7, 11) is 1.35. The number of aromatic nitrogens is 1. The van der Waals surface area contributed by atoms with E-state index in [9.17, 15) is 19.2 Å². The number of imide groups is 1. The highest BCUT2D eigenvalue weighted by atomic mass is 16.5. The van der Waals surface area contributed by atoms with Gasteiger partial charge in [-0.1, -0.05) is 12.1 Å². The van der Waals surface area contributed by atoms with Gasteiger partial charge in [-0.15, -0.1) is 0 Å². The minimum Gasteiger partial charge on any atom is -0.452 e. The van der Waals surface area contributed by atoms with Crippen molar-refractivity contribution >= 4 is 29.0 Å². The van der Waals surface area contributed by atoms with Gasteiger partial charge in [-0.05, 0) is 19.1 Å². The van der Waals surface area contributed by atoms with Gasteiger partial charge in [-0.25, -0.2) is 9.59 Å². The van der Waals surface area contributed by atoms with Gasteiger partial charge in [0.25, 0.3) is 5.91 Å². The Labute approximate surface area is 136 Å². The molecule has 2 rings (SSSR count). The first-order valence-electron chi connectivity index (χ1n) is 7.22. The number of rotatable bonds is 5. The van der Waals surface area contributed by atoms with Crippen LogP contribution < -0.4 is 16.4 Å². The molecule has 0 bridgehead atoms. The van der Waals surface area contributed by atoms with Crippen LogP contribution in [-0.4, -0.2) is 35.6 Å². The van der Waals surface area contributed by atoms with E-state index in [0.29, 0.717) is 11.1 Å². The number of hydrogen-bond acceptors (Lipinski definition) is 6. The van der Waals surface area contributed by atoms with Gasteiger partial charge < -0.3 is 14.5 Å². The average molecular weight is 335 g/mol. The van der Waals surface area contributed by atoms with Crippen LogP contribution in [0.15, 0.2) is 33.5 Å². The summed E-state index contributed by atoms with van der Waals surface area (Å²) >= 11 is 0. The number of carbonyl (C=O) groups is 3. The number of para-hydroxylation sites is 2. The number of amides is 3. The summed E-state index contributed by atoms with van der Waals surface area (Å²) in [6.07, 6.45) is -1.26. The molecule has 0 radical (unpaired) electrons. The maximum Gasteiger partial charge on any atom is 0.419 e. The lowest BCUT2D eigenvalue weighted by atomic mass is 10.3. The molecule has 0 saturated carbocycles. The molecule has 24 heavy (non-hydrogen) atoms. The molecule has 1 aromatic carbocycles. The molecule has 0 aliphatic rings. The number of carbonyl (C=O) groups excluding carboxylic acids is 3. The van der Waals surface area contributed by atoms with E-state index < -0.39 is 29.8 Å². The van der Waals surface area contributed by atoms with E-state index in [1.807, 2.05) is 5.32 Å². The summed E-state index contributed by atoms with van der Waals surface area (Å²) in [5, 5.41) is 4.21. The van der Waals surface area contributed by atoms with Gasteiger partial charge in [0.2, 0.25) is 0 Å². The summed E-state index contributed by atoms with van der Waals surface area (Å²) in [6, 6.07) is 6.13. The van der Waals surface area contributed by atoms with E-state index >= 15 is 0 Å². The topological polar surface area (TPSA) is 120 Å². The largest absolute Gasteiger partial charge is 0.452 e. The van der Waals surface area contributed by atoms with Crippen LogP contribution in [0.1, 0.15) is 13.3 Å². The van der Waals surface area contributed by atoms with Crippen molar-refractivity contribution < 1.29 is 23.5 Å². The third kappa shape index (κ3) is 4.00. The second kappa shape index (κ2) is 7.44. The number of nitrogens with one attached hydrogen (secondary N) is 2. The first-order valence-corrected chi connectivity index (χ1v) is 7.22. The molecule has 1 heterocycles. The van der Waals surface area contributed by atoms with Crippen LogP contribution in [0, 0.1) is 0 Å². The Morgan fingerprint density at radius 3 is 2.71 bits per heavy atom. The van der Waals surface area contributed by atoms with Gasteiger partial charge in [-0.2, -0.15) is 0 Å². The minimum atomic E-state index is -1.13. The Balaban J connectivity index is 1.93. The summed E-state index contributed by atoms with van der Waals surface area (Å²) < 4.78 is 11.3. The quantitative estimate of drug-likeness (QED) is 0.762. The summed E-state index contributed by atoms with van der Waals surface area (Å²) in [6.45, 7) is 1.40. The van der Waals surface area contributed by atoms with Gasteiger partial charge in [-0.3, -0.25) is 19.5 Å². The van der Waals surface area contributed by atoms with Crippen LogP contribution in [0.25, 0.3) is 11.1 Å². The molecular weight excluding hydrogens is 318 g/mol. The molecule has 0 spiro atoms. The van der Waals surface area contributed by atoms with Gasteiger partial charge in [0.05, 0.1) is 11.9 Å². The van der Waals surface area contributed by atoms with Crippen molar-refractivity contribution in [2.75, 3.05) is 7.05 Å². The molecule has 0 unspecified atom stereocenters. The van der Waals surface area contributed by atoms with Crippen LogP contribution in [0.4, 0.5) is 4.79 Å². The Hall–Kier alpha value is -3.10. The number of oxazole rings is 1. The Bertz CT molecular complexity index is 822. The van der Waals surface area contributed by atoms with Crippen LogP contribution in [0.3, 0.4) is 0 Å². The van der Waals surface area contributed by atoms with Gasteiger partial charge in [0.1, 0.15) is 0 Å². The molecule has 128 valence electrons. The highest BCUT2D eigenvalue weighted by Crippen LogP contribution is 2.12. The molecular formula is C15H17N3O6.